The highest BCUT2D eigenvalue weighted by molar-refractivity contribution is 6.05. The van der Waals surface area contributed by atoms with Crippen molar-refractivity contribution in [3.05, 3.63) is 35.9 Å². The molecule has 0 radical (unpaired) electrons. The van der Waals surface area contributed by atoms with Gasteiger partial charge in [-0.05, 0) is 31.5 Å². The van der Waals surface area contributed by atoms with E-state index in [1.54, 1.807) is 0 Å². The molecule has 6 heteroatoms. The first-order valence-electron chi connectivity index (χ1n) is 7.98. The number of imide groups is 1. The molecule has 2 N–H and O–H groups in total. The summed E-state index contributed by atoms with van der Waals surface area (Å²) in [5.74, 6) is -0.639. The molecule has 2 aliphatic heterocycles. The Hall–Kier alpha value is -2.21. The van der Waals surface area contributed by atoms with Gasteiger partial charge in [-0.3, -0.25) is 24.2 Å². The largest absolute Gasteiger partial charge is 0.369 e. The molecular formula is C17H21N3O3. The van der Waals surface area contributed by atoms with Crippen LogP contribution in [0.15, 0.2) is 30.3 Å². The van der Waals surface area contributed by atoms with Crippen LogP contribution < -0.4 is 5.73 Å². The molecule has 2 heterocycles. The molecule has 0 bridgehead atoms. The van der Waals surface area contributed by atoms with Gasteiger partial charge in [0.1, 0.15) is 0 Å². The molecule has 0 saturated carbocycles. The van der Waals surface area contributed by atoms with Gasteiger partial charge >= 0.3 is 0 Å². The van der Waals surface area contributed by atoms with Crippen molar-refractivity contribution >= 4 is 17.7 Å². The second kappa shape index (κ2) is 6.50. The van der Waals surface area contributed by atoms with Crippen LogP contribution in [0.3, 0.4) is 0 Å². The lowest BCUT2D eigenvalue weighted by Gasteiger charge is -2.33. The maximum Gasteiger partial charge on any atom is 0.247 e. The van der Waals surface area contributed by atoms with Gasteiger partial charge in [0.25, 0.3) is 0 Å². The first kappa shape index (κ1) is 15.7. The molecule has 2 saturated heterocycles. The summed E-state index contributed by atoms with van der Waals surface area (Å²) >= 11 is 0. The second-order valence-corrected chi connectivity index (χ2v) is 6.24. The predicted octanol–water partition coefficient (Wildman–Crippen LogP) is 0.511. The second-order valence-electron chi connectivity index (χ2n) is 6.24. The molecule has 0 aliphatic carbocycles. The Labute approximate surface area is 135 Å². The van der Waals surface area contributed by atoms with Crippen LogP contribution in [0.4, 0.5) is 0 Å². The van der Waals surface area contributed by atoms with Crippen LogP contribution in [-0.4, -0.2) is 46.7 Å². The molecule has 2 aliphatic rings. The van der Waals surface area contributed by atoms with Crippen LogP contribution in [-0.2, 0) is 20.9 Å². The molecular weight excluding hydrogens is 294 g/mol. The van der Waals surface area contributed by atoms with E-state index in [0.717, 1.165) is 5.56 Å². The van der Waals surface area contributed by atoms with E-state index in [4.69, 9.17) is 5.73 Å². The number of nitrogens with two attached hydrogens (primary N) is 1. The fraction of sp³-hybridized carbons (Fsp3) is 0.471. The maximum atomic E-state index is 12.6. The third-order valence-electron chi connectivity index (χ3n) is 4.78. The lowest BCUT2D eigenvalue weighted by Crippen LogP contribution is -2.47. The monoisotopic (exact) mass is 315 g/mol. The Morgan fingerprint density at radius 2 is 1.78 bits per heavy atom. The highest BCUT2D eigenvalue weighted by Crippen LogP contribution is 2.25. The quantitative estimate of drug-likeness (QED) is 0.821. The smallest absolute Gasteiger partial charge is 0.247 e. The van der Waals surface area contributed by atoms with Gasteiger partial charge in [0, 0.05) is 5.92 Å². The zero-order chi connectivity index (χ0) is 16.4. The molecule has 3 amide bonds. The van der Waals surface area contributed by atoms with E-state index in [1.807, 2.05) is 35.2 Å². The standard InChI is InChI=1S/C17H21N3O3/c18-16(22)13-6-8-19(9-7-13)14-10-15(21)20(17(14)23)11-12-4-2-1-3-5-12/h1-5,13-14H,6-11H2,(H2,18,22). The summed E-state index contributed by atoms with van der Waals surface area (Å²) in [7, 11) is 0. The van der Waals surface area contributed by atoms with Crippen LogP contribution >= 0.6 is 0 Å². The van der Waals surface area contributed by atoms with Crippen LogP contribution in [0, 0.1) is 5.92 Å². The zero-order valence-corrected chi connectivity index (χ0v) is 13.0. The fourth-order valence-corrected chi connectivity index (χ4v) is 3.38. The summed E-state index contributed by atoms with van der Waals surface area (Å²) in [5.41, 5.74) is 6.28. The number of primary amides is 1. The SMILES string of the molecule is NC(=O)C1CCN(C2CC(=O)N(Cc3ccccc3)C2=O)CC1. The minimum absolute atomic E-state index is 0.112. The van der Waals surface area contributed by atoms with Gasteiger partial charge in [-0.2, -0.15) is 0 Å². The number of rotatable bonds is 4. The number of hydrogen-bond acceptors (Lipinski definition) is 4. The average Bonchev–Trinajstić information content (AvgIpc) is 2.84. The Balaban J connectivity index is 1.64. The summed E-state index contributed by atoms with van der Waals surface area (Å²) in [5, 5.41) is 0. The minimum atomic E-state index is -0.389. The molecule has 6 nitrogen and oxygen atoms in total. The summed E-state index contributed by atoms with van der Waals surface area (Å²) in [6.45, 7) is 1.60. The van der Waals surface area contributed by atoms with E-state index in [9.17, 15) is 14.4 Å². The van der Waals surface area contributed by atoms with E-state index in [1.165, 1.54) is 4.90 Å². The van der Waals surface area contributed by atoms with E-state index in [0.29, 0.717) is 32.5 Å². The molecule has 1 aromatic rings. The Bertz CT molecular complexity index is 609. The van der Waals surface area contributed by atoms with Gasteiger partial charge in [0.15, 0.2) is 0 Å². The first-order valence-corrected chi connectivity index (χ1v) is 7.98. The fourth-order valence-electron chi connectivity index (χ4n) is 3.38. The lowest BCUT2D eigenvalue weighted by molar-refractivity contribution is -0.140. The van der Waals surface area contributed by atoms with Crippen LogP contribution in [0.1, 0.15) is 24.8 Å². The Morgan fingerprint density at radius 1 is 1.13 bits per heavy atom. The van der Waals surface area contributed by atoms with Crippen molar-refractivity contribution in [3.8, 4) is 0 Å². The molecule has 1 unspecified atom stereocenters. The summed E-state index contributed by atoms with van der Waals surface area (Å²) in [4.78, 5) is 39.4. The van der Waals surface area contributed by atoms with Crippen LogP contribution in [0.2, 0.25) is 0 Å². The number of piperidine rings is 1. The Kier molecular flexibility index (Phi) is 4.43. The topological polar surface area (TPSA) is 83.7 Å². The van der Waals surface area contributed by atoms with Crippen molar-refractivity contribution in [3.63, 3.8) is 0 Å². The van der Waals surface area contributed by atoms with Gasteiger partial charge in [-0.25, -0.2) is 0 Å². The molecule has 0 spiro atoms. The molecule has 0 aromatic heterocycles. The van der Waals surface area contributed by atoms with E-state index >= 15 is 0 Å². The van der Waals surface area contributed by atoms with Crippen molar-refractivity contribution in [2.24, 2.45) is 11.7 Å². The lowest BCUT2D eigenvalue weighted by atomic mass is 9.95. The van der Waals surface area contributed by atoms with E-state index < -0.39 is 0 Å². The van der Waals surface area contributed by atoms with Gasteiger partial charge in [-0.1, -0.05) is 30.3 Å². The van der Waals surface area contributed by atoms with Crippen molar-refractivity contribution in [2.45, 2.75) is 31.8 Å². The molecule has 1 aromatic carbocycles. The first-order chi connectivity index (χ1) is 11.1. The van der Waals surface area contributed by atoms with E-state index in [-0.39, 0.29) is 36.1 Å². The van der Waals surface area contributed by atoms with Gasteiger partial charge in [0.2, 0.25) is 17.7 Å². The van der Waals surface area contributed by atoms with Crippen molar-refractivity contribution < 1.29 is 14.4 Å². The maximum absolute atomic E-state index is 12.6. The number of likely N-dealkylation sites (tertiary alicyclic amines) is 2. The zero-order valence-electron chi connectivity index (χ0n) is 13.0. The molecule has 23 heavy (non-hydrogen) atoms. The Morgan fingerprint density at radius 3 is 2.39 bits per heavy atom. The van der Waals surface area contributed by atoms with Gasteiger partial charge in [-0.15, -0.1) is 0 Å². The van der Waals surface area contributed by atoms with Crippen LogP contribution in [0.25, 0.3) is 0 Å². The number of hydrogen-bond donors (Lipinski definition) is 1. The van der Waals surface area contributed by atoms with Gasteiger partial charge in [0.05, 0.1) is 19.0 Å². The summed E-state index contributed by atoms with van der Waals surface area (Å²) in [6, 6.07) is 9.13. The molecule has 2 fully saturated rings. The number of carbonyl (C=O) groups is 3. The predicted molar refractivity (Wildman–Crippen MR) is 83.9 cm³/mol. The number of amides is 3. The van der Waals surface area contributed by atoms with Gasteiger partial charge < -0.3 is 5.73 Å². The number of benzene rings is 1. The normalized spacial score (nSPS) is 23.5. The highest BCUT2D eigenvalue weighted by atomic mass is 16.2. The number of nitrogens with zero attached hydrogens (tertiary/aromatic N) is 2. The summed E-state index contributed by atoms with van der Waals surface area (Å²) < 4.78 is 0. The molecule has 1 atom stereocenters. The highest BCUT2D eigenvalue weighted by Gasteiger charge is 2.42. The van der Waals surface area contributed by atoms with E-state index in [2.05, 4.69) is 0 Å². The minimum Gasteiger partial charge on any atom is -0.369 e. The van der Waals surface area contributed by atoms with Crippen molar-refractivity contribution in [1.82, 2.24) is 9.80 Å². The molecule has 122 valence electrons. The van der Waals surface area contributed by atoms with Crippen molar-refractivity contribution in [2.75, 3.05) is 13.1 Å². The third-order valence-corrected chi connectivity index (χ3v) is 4.78. The summed E-state index contributed by atoms with van der Waals surface area (Å²) in [6.07, 6.45) is 1.55. The average molecular weight is 315 g/mol. The molecule has 3 rings (SSSR count). The van der Waals surface area contributed by atoms with Crippen LogP contribution in [0.5, 0.6) is 0 Å². The number of carbonyl (C=O) groups excluding carboxylic acids is 3. The van der Waals surface area contributed by atoms with Crippen molar-refractivity contribution in [1.29, 1.82) is 0 Å². The third kappa shape index (κ3) is 3.27.